The topological polar surface area (TPSA) is 68.5 Å². The first-order valence-electron chi connectivity index (χ1n) is 8.55. The number of hydrogen-bond acceptors (Lipinski definition) is 4. The Balaban J connectivity index is 1.96. The highest BCUT2D eigenvalue weighted by atomic mass is 16.5. The van der Waals surface area contributed by atoms with Gasteiger partial charge in [-0.15, -0.1) is 0 Å². The number of anilines is 1. The molecule has 5 nitrogen and oxygen atoms in total. The maximum atomic E-state index is 11.5. The average Bonchev–Trinajstić information content (AvgIpc) is 2.61. The molecule has 0 aliphatic carbocycles. The molecule has 128 valence electrons. The zero-order chi connectivity index (χ0) is 17.1. The van der Waals surface area contributed by atoms with E-state index < -0.39 is 5.91 Å². The molecule has 0 bridgehead atoms. The van der Waals surface area contributed by atoms with Gasteiger partial charge in [0.25, 0.3) is 0 Å². The van der Waals surface area contributed by atoms with Crippen LogP contribution in [0.2, 0.25) is 0 Å². The third kappa shape index (κ3) is 3.22. The second-order valence-electron chi connectivity index (χ2n) is 6.58. The highest BCUT2D eigenvalue weighted by Crippen LogP contribution is 2.33. The second kappa shape index (κ2) is 7.18. The molecule has 24 heavy (non-hydrogen) atoms. The van der Waals surface area contributed by atoms with E-state index >= 15 is 0 Å². The summed E-state index contributed by atoms with van der Waals surface area (Å²) in [5, 5.41) is 2.06. The number of carbonyl (C=O) groups is 1. The fourth-order valence-electron chi connectivity index (χ4n) is 3.79. The van der Waals surface area contributed by atoms with Crippen LogP contribution in [0.1, 0.15) is 30.1 Å². The highest BCUT2D eigenvalue weighted by Gasteiger charge is 2.29. The van der Waals surface area contributed by atoms with Crippen molar-refractivity contribution in [2.45, 2.75) is 19.8 Å². The van der Waals surface area contributed by atoms with Crippen molar-refractivity contribution in [1.82, 2.24) is 4.98 Å². The van der Waals surface area contributed by atoms with Crippen molar-refractivity contribution in [2.75, 3.05) is 31.7 Å². The van der Waals surface area contributed by atoms with Crippen LogP contribution in [0.15, 0.2) is 30.6 Å². The summed E-state index contributed by atoms with van der Waals surface area (Å²) in [6, 6.07) is 5.55. The first kappa shape index (κ1) is 16.7. The molecule has 2 atom stereocenters. The lowest BCUT2D eigenvalue weighted by Gasteiger charge is -2.39. The summed E-state index contributed by atoms with van der Waals surface area (Å²) in [7, 11) is 1.77. The van der Waals surface area contributed by atoms with E-state index in [9.17, 15) is 4.79 Å². The van der Waals surface area contributed by atoms with Crippen LogP contribution in [0, 0.1) is 11.8 Å². The molecule has 5 heteroatoms. The van der Waals surface area contributed by atoms with Crippen molar-refractivity contribution in [1.29, 1.82) is 0 Å². The molecule has 0 radical (unpaired) electrons. The number of amides is 1. The molecule has 1 aliphatic heterocycles. The van der Waals surface area contributed by atoms with Gasteiger partial charge in [-0.1, -0.05) is 19.4 Å². The Kier molecular flexibility index (Phi) is 5.00. The largest absolute Gasteiger partial charge is 0.384 e. The highest BCUT2D eigenvalue weighted by molar-refractivity contribution is 6.01. The number of aromatic nitrogens is 1. The minimum Gasteiger partial charge on any atom is -0.384 e. The van der Waals surface area contributed by atoms with Crippen LogP contribution in [0.25, 0.3) is 10.8 Å². The van der Waals surface area contributed by atoms with Crippen molar-refractivity contribution in [3.63, 3.8) is 0 Å². The average molecular weight is 327 g/mol. The standard InChI is InChI=1S/C19H25N3O2/c1-3-13-6-7-22(11-16(13)12-24-2)18-10-21-9-15-5-4-14(19(20)23)8-17(15)18/h4-5,8-10,13,16H,3,6-7,11-12H2,1-2H3,(H2,20,23). The Bertz CT molecular complexity index is 732. The van der Waals surface area contributed by atoms with E-state index in [0.717, 1.165) is 42.6 Å². The Labute approximate surface area is 142 Å². The molecule has 2 N–H and O–H groups in total. The van der Waals surface area contributed by atoms with Crippen molar-refractivity contribution >= 4 is 22.4 Å². The van der Waals surface area contributed by atoms with Gasteiger partial charge in [-0.05, 0) is 24.5 Å². The molecule has 0 saturated carbocycles. The van der Waals surface area contributed by atoms with Crippen molar-refractivity contribution in [3.8, 4) is 0 Å². The quantitative estimate of drug-likeness (QED) is 0.917. The van der Waals surface area contributed by atoms with Gasteiger partial charge >= 0.3 is 0 Å². The van der Waals surface area contributed by atoms with Crippen molar-refractivity contribution in [2.24, 2.45) is 17.6 Å². The molecule has 2 unspecified atom stereocenters. The fourth-order valence-corrected chi connectivity index (χ4v) is 3.79. The summed E-state index contributed by atoms with van der Waals surface area (Å²) in [5.74, 6) is 0.815. The number of methoxy groups -OCH3 is 1. The van der Waals surface area contributed by atoms with Crippen LogP contribution in [-0.4, -0.2) is 37.7 Å². The van der Waals surface area contributed by atoms with Gasteiger partial charge in [0.2, 0.25) is 5.91 Å². The molecule has 1 amide bonds. The third-order valence-electron chi connectivity index (χ3n) is 5.16. The summed E-state index contributed by atoms with van der Waals surface area (Å²) in [6.45, 7) is 4.98. The zero-order valence-corrected chi connectivity index (χ0v) is 14.4. The number of nitrogens with two attached hydrogens (primary N) is 1. The molecule has 1 aromatic carbocycles. The number of ether oxygens (including phenoxy) is 1. The first-order chi connectivity index (χ1) is 11.6. The van der Waals surface area contributed by atoms with Crippen LogP contribution in [0.4, 0.5) is 5.69 Å². The van der Waals surface area contributed by atoms with E-state index in [4.69, 9.17) is 10.5 Å². The van der Waals surface area contributed by atoms with E-state index in [1.54, 1.807) is 13.2 Å². The second-order valence-corrected chi connectivity index (χ2v) is 6.58. The maximum Gasteiger partial charge on any atom is 0.248 e. The lowest BCUT2D eigenvalue weighted by molar-refractivity contribution is 0.100. The van der Waals surface area contributed by atoms with Gasteiger partial charge in [-0.25, -0.2) is 0 Å². The maximum absolute atomic E-state index is 11.5. The minimum absolute atomic E-state index is 0.401. The van der Waals surface area contributed by atoms with E-state index in [0.29, 0.717) is 17.4 Å². The molecule has 1 fully saturated rings. The smallest absolute Gasteiger partial charge is 0.248 e. The lowest BCUT2D eigenvalue weighted by Crippen LogP contribution is -2.42. The number of piperidine rings is 1. The normalized spacial score (nSPS) is 21.2. The predicted octanol–water partition coefficient (Wildman–Crippen LogP) is 2.83. The summed E-state index contributed by atoms with van der Waals surface area (Å²) in [4.78, 5) is 18.3. The Morgan fingerprint density at radius 1 is 1.38 bits per heavy atom. The van der Waals surface area contributed by atoms with Gasteiger partial charge in [0.15, 0.2) is 0 Å². The van der Waals surface area contributed by atoms with Gasteiger partial charge in [0.05, 0.1) is 18.5 Å². The molecule has 1 saturated heterocycles. The molecule has 2 aromatic rings. The van der Waals surface area contributed by atoms with E-state index in [1.807, 2.05) is 24.5 Å². The fraction of sp³-hybridized carbons (Fsp3) is 0.474. The van der Waals surface area contributed by atoms with E-state index in [-0.39, 0.29) is 0 Å². The van der Waals surface area contributed by atoms with E-state index in [2.05, 4.69) is 16.8 Å². The Morgan fingerprint density at radius 3 is 2.92 bits per heavy atom. The van der Waals surface area contributed by atoms with Crippen molar-refractivity contribution < 1.29 is 9.53 Å². The van der Waals surface area contributed by atoms with Crippen LogP contribution in [-0.2, 0) is 4.74 Å². The predicted molar refractivity (Wildman–Crippen MR) is 96.2 cm³/mol. The van der Waals surface area contributed by atoms with Crippen LogP contribution in [0.5, 0.6) is 0 Å². The number of fused-ring (bicyclic) bond motifs is 1. The van der Waals surface area contributed by atoms with E-state index in [1.165, 1.54) is 6.42 Å². The number of pyridine rings is 1. The number of rotatable bonds is 5. The van der Waals surface area contributed by atoms with Crippen LogP contribution in [0.3, 0.4) is 0 Å². The number of benzene rings is 1. The summed E-state index contributed by atoms with van der Waals surface area (Å²) in [5.41, 5.74) is 7.06. The summed E-state index contributed by atoms with van der Waals surface area (Å²) >= 11 is 0. The van der Waals surface area contributed by atoms with Gasteiger partial charge < -0.3 is 15.4 Å². The zero-order valence-electron chi connectivity index (χ0n) is 14.4. The third-order valence-corrected chi connectivity index (χ3v) is 5.16. The van der Waals surface area contributed by atoms with Gasteiger partial charge in [-0.2, -0.15) is 0 Å². The van der Waals surface area contributed by atoms with Gasteiger partial charge in [-0.3, -0.25) is 9.78 Å². The molecule has 0 spiro atoms. The van der Waals surface area contributed by atoms with Crippen molar-refractivity contribution in [3.05, 3.63) is 36.2 Å². The number of hydrogen-bond donors (Lipinski definition) is 1. The molecule has 1 aliphatic rings. The van der Waals surface area contributed by atoms with Gasteiger partial charge in [0.1, 0.15) is 0 Å². The summed E-state index contributed by atoms with van der Waals surface area (Å²) < 4.78 is 5.43. The number of primary amides is 1. The van der Waals surface area contributed by atoms with Crippen LogP contribution >= 0.6 is 0 Å². The molecule has 3 rings (SSSR count). The number of nitrogens with zero attached hydrogens (tertiary/aromatic N) is 2. The van der Waals surface area contributed by atoms with Gasteiger partial charge in [0, 0.05) is 48.6 Å². The summed E-state index contributed by atoms with van der Waals surface area (Å²) in [6.07, 6.45) is 6.05. The minimum atomic E-state index is -0.401. The monoisotopic (exact) mass is 327 g/mol. The Morgan fingerprint density at radius 2 is 2.21 bits per heavy atom. The van der Waals surface area contributed by atoms with Crippen LogP contribution < -0.4 is 10.6 Å². The Hall–Kier alpha value is -2.14. The molecule has 2 heterocycles. The lowest BCUT2D eigenvalue weighted by atomic mass is 9.84. The molecular formula is C19H25N3O2. The SMILES string of the molecule is CCC1CCN(c2cncc3ccc(C(N)=O)cc23)CC1COC. The molecular weight excluding hydrogens is 302 g/mol. The molecule has 1 aromatic heterocycles. The number of carbonyl (C=O) groups excluding carboxylic acids is 1. The first-order valence-corrected chi connectivity index (χ1v) is 8.55.